The number of carbonyl (C=O) groups excluding carboxylic acids is 1. The highest BCUT2D eigenvalue weighted by Gasteiger charge is 2.10. The van der Waals surface area contributed by atoms with Crippen LogP contribution in [0.5, 0.6) is 0 Å². The van der Waals surface area contributed by atoms with Crippen molar-refractivity contribution in [3.63, 3.8) is 0 Å². The quantitative estimate of drug-likeness (QED) is 0.755. The Labute approximate surface area is 136 Å². The summed E-state index contributed by atoms with van der Waals surface area (Å²) in [6.07, 6.45) is 1.04. The van der Waals surface area contributed by atoms with E-state index in [1.54, 1.807) is 0 Å². The third-order valence-electron chi connectivity index (χ3n) is 3.98. The Hall–Kier alpha value is -2.62. The maximum absolute atomic E-state index is 12.1. The van der Waals surface area contributed by atoms with E-state index in [9.17, 15) is 4.79 Å². The molecule has 2 N–H and O–H groups in total. The van der Waals surface area contributed by atoms with E-state index in [1.807, 2.05) is 31.2 Å². The number of benzene rings is 2. The molecule has 0 bridgehead atoms. The van der Waals surface area contributed by atoms with Crippen molar-refractivity contribution in [1.29, 1.82) is 0 Å². The lowest BCUT2D eigenvalue weighted by Gasteiger charge is -2.14. The lowest BCUT2D eigenvalue weighted by atomic mass is 10.1. The minimum Gasteiger partial charge on any atom is -0.350 e. The number of hydrogen-bond donors (Lipinski definition) is 2. The molecule has 2 aromatic carbocycles. The van der Waals surface area contributed by atoms with Gasteiger partial charge in [0.25, 0.3) is 0 Å². The Kier molecular flexibility index (Phi) is 4.42. The molecule has 0 aliphatic carbocycles. The highest BCUT2D eigenvalue weighted by molar-refractivity contribution is 5.77. The maximum Gasteiger partial charge on any atom is 0.220 e. The standard InChI is InChI=1S/C19H21N3O/c1-13-7-9-15(10-8-13)14(2)20-19(23)12-11-18-21-16-5-3-4-6-17(16)22-18/h3-10,14H,11-12H2,1-2H3,(H,20,23)(H,21,22). The van der Waals surface area contributed by atoms with Crippen LogP contribution in [0.15, 0.2) is 48.5 Å². The normalized spacial score (nSPS) is 12.3. The fourth-order valence-corrected chi connectivity index (χ4v) is 2.61. The molecule has 0 aliphatic rings. The highest BCUT2D eigenvalue weighted by atomic mass is 16.1. The van der Waals surface area contributed by atoms with Crippen LogP contribution in [0.2, 0.25) is 0 Å². The number of para-hydroxylation sites is 2. The summed E-state index contributed by atoms with van der Waals surface area (Å²) in [5.41, 5.74) is 4.29. The Bertz CT molecular complexity index is 772. The maximum atomic E-state index is 12.1. The molecule has 0 radical (unpaired) electrons. The zero-order valence-corrected chi connectivity index (χ0v) is 13.5. The molecule has 4 heteroatoms. The third kappa shape index (κ3) is 3.77. The number of H-pyrrole nitrogens is 1. The van der Waals surface area contributed by atoms with Crippen molar-refractivity contribution in [2.45, 2.75) is 32.7 Å². The molecule has 0 aliphatic heterocycles. The van der Waals surface area contributed by atoms with Gasteiger partial charge < -0.3 is 10.3 Å². The number of aryl methyl sites for hydroxylation is 2. The monoisotopic (exact) mass is 307 g/mol. The molecule has 4 nitrogen and oxygen atoms in total. The van der Waals surface area contributed by atoms with Gasteiger partial charge in [-0.25, -0.2) is 4.98 Å². The number of nitrogens with one attached hydrogen (secondary N) is 2. The lowest BCUT2D eigenvalue weighted by molar-refractivity contribution is -0.121. The van der Waals surface area contributed by atoms with Gasteiger partial charge in [0.2, 0.25) is 5.91 Å². The van der Waals surface area contributed by atoms with Gasteiger partial charge in [-0.3, -0.25) is 4.79 Å². The number of imidazole rings is 1. The van der Waals surface area contributed by atoms with Gasteiger partial charge >= 0.3 is 0 Å². The summed E-state index contributed by atoms with van der Waals surface area (Å²) in [5.74, 6) is 0.892. The van der Waals surface area contributed by atoms with E-state index in [1.165, 1.54) is 5.56 Å². The summed E-state index contributed by atoms with van der Waals surface area (Å²) in [4.78, 5) is 19.9. The number of aromatic amines is 1. The summed E-state index contributed by atoms with van der Waals surface area (Å²) >= 11 is 0. The summed E-state index contributed by atoms with van der Waals surface area (Å²) in [5, 5.41) is 3.04. The number of aromatic nitrogens is 2. The molecule has 0 spiro atoms. The molecular weight excluding hydrogens is 286 g/mol. The molecule has 1 aromatic heterocycles. The van der Waals surface area contributed by atoms with Crippen LogP contribution in [0.3, 0.4) is 0 Å². The predicted octanol–water partition coefficient (Wildman–Crippen LogP) is 3.68. The van der Waals surface area contributed by atoms with Crippen LogP contribution < -0.4 is 5.32 Å². The second-order valence-electron chi connectivity index (χ2n) is 5.90. The fraction of sp³-hybridized carbons (Fsp3) is 0.263. The average Bonchev–Trinajstić information content (AvgIpc) is 2.96. The number of amides is 1. The van der Waals surface area contributed by atoms with Gasteiger partial charge in [0.1, 0.15) is 5.82 Å². The van der Waals surface area contributed by atoms with Crippen LogP contribution in [0, 0.1) is 6.92 Å². The Balaban J connectivity index is 1.55. The second kappa shape index (κ2) is 6.65. The molecule has 1 heterocycles. The first kappa shape index (κ1) is 15.3. The van der Waals surface area contributed by atoms with Gasteiger partial charge in [-0.05, 0) is 31.5 Å². The van der Waals surface area contributed by atoms with Crippen LogP contribution in [0.25, 0.3) is 11.0 Å². The Morgan fingerprint density at radius 3 is 2.65 bits per heavy atom. The van der Waals surface area contributed by atoms with Crippen LogP contribution >= 0.6 is 0 Å². The predicted molar refractivity (Wildman–Crippen MR) is 92.2 cm³/mol. The fourth-order valence-electron chi connectivity index (χ4n) is 2.61. The van der Waals surface area contributed by atoms with Crippen molar-refractivity contribution in [3.05, 3.63) is 65.5 Å². The molecule has 118 valence electrons. The minimum absolute atomic E-state index is 0.0128. The summed E-state index contributed by atoms with van der Waals surface area (Å²) in [6, 6.07) is 16.1. The Morgan fingerprint density at radius 1 is 1.17 bits per heavy atom. The van der Waals surface area contributed by atoms with E-state index in [0.29, 0.717) is 12.8 Å². The first-order chi connectivity index (χ1) is 11.1. The largest absolute Gasteiger partial charge is 0.350 e. The SMILES string of the molecule is Cc1ccc(C(C)NC(=O)CCc2nc3ccccc3[nH]2)cc1. The number of rotatable bonds is 5. The second-order valence-corrected chi connectivity index (χ2v) is 5.90. The topological polar surface area (TPSA) is 57.8 Å². The van der Waals surface area contributed by atoms with E-state index in [2.05, 4.69) is 46.5 Å². The van der Waals surface area contributed by atoms with Gasteiger partial charge in [0.15, 0.2) is 0 Å². The van der Waals surface area contributed by atoms with E-state index in [0.717, 1.165) is 22.4 Å². The first-order valence-electron chi connectivity index (χ1n) is 7.91. The molecule has 0 fully saturated rings. The molecule has 3 rings (SSSR count). The third-order valence-corrected chi connectivity index (χ3v) is 3.98. The molecule has 0 saturated carbocycles. The van der Waals surface area contributed by atoms with Crippen molar-refractivity contribution in [2.24, 2.45) is 0 Å². The zero-order chi connectivity index (χ0) is 16.2. The molecule has 3 aromatic rings. The summed E-state index contributed by atoms with van der Waals surface area (Å²) < 4.78 is 0. The van der Waals surface area contributed by atoms with Gasteiger partial charge in [-0.2, -0.15) is 0 Å². The van der Waals surface area contributed by atoms with Crippen LogP contribution in [0.4, 0.5) is 0 Å². The lowest BCUT2D eigenvalue weighted by Crippen LogP contribution is -2.26. The van der Waals surface area contributed by atoms with E-state index >= 15 is 0 Å². The number of carbonyl (C=O) groups is 1. The zero-order valence-electron chi connectivity index (χ0n) is 13.5. The van der Waals surface area contributed by atoms with Gasteiger partial charge in [-0.1, -0.05) is 42.0 Å². The van der Waals surface area contributed by atoms with Crippen molar-refractivity contribution < 1.29 is 4.79 Å². The first-order valence-corrected chi connectivity index (χ1v) is 7.91. The molecule has 23 heavy (non-hydrogen) atoms. The minimum atomic E-state index is 0.0128. The van der Waals surface area contributed by atoms with Crippen LogP contribution in [-0.2, 0) is 11.2 Å². The summed E-state index contributed by atoms with van der Waals surface area (Å²) in [6.45, 7) is 4.06. The van der Waals surface area contributed by atoms with Crippen LogP contribution in [-0.4, -0.2) is 15.9 Å². The number of nitrogens with zero attached hydrogens (tertiary/aromatic N) is 1. The van der Waals surface area contributed by atoms with Crippen molar-refractivity contribution in [2.75, 3.05) is 0 Å². The van der Waals surface area contributed by atoms with Gasteiger partial charge in [0.05, 0.1) is 17.1 Å². The molecule has 1 amide bonds. The smallest absolute Gasteiger partial charge is 0.220 e. The average molecular weight is 307 g/mol. The Morgan fingerprint density at radius 2 is 1.91 bits per heavy atom. The number of fused-ring (bicyclic) bond motifs is 1. The van der Waals surface area contributed by atoms with Gasteiger partial charge in [0, 0.05) is 12.8 Å². The molecule has 1 unspecified atom stereocenters. The number of hydrogen-bond acceptors (Lipinski definition) is 2. The van der Waals surface area contributed by atoms with Crippen molar-refractivity contribution in [3.8, 4) is 0 Å². The van der Waals surface area contributed by atoms with E-state index in [-0.39, 0.29) is 11.9 Å². The molecule has 0 saturated heterocycles. The van der Waals surface area contributed by atoms with E-state index in [4.69, 9.17) is 0 Å². The summed E-state index contributed by atoms with van der Waals surface area (Å²) in [7, 11) is 0. The molecular formula is C19H21N3O. The van der Waals surface area contributed by atoms with Crippen molar-refractivity contribution in [1.82, 2.24) is 15.3 Å². The highest BCUT2D eigenvalue weighted by Crippen LogP contribution is 2.14. The van der Waals surface area contributed by atoms with Crippen molar-refractivity contribution >= 4 is 16.9 Å². The van der Waals surface area contributed by atoms with E-state index < -0.39 is 0 Å². The molecule has 1 atom stereocenters. The van der Waals surface area contributed by atoms with Gasteiger partial charge in [-0.15, -0.1) is 0 Å². The van der Waals surface area contributed by atoms with Crippen LogP contribution in [0.1, 0.15) is 36.3 Å².